The van der Waals surface area contributed by atoms with Crippen LogP contribution in [-0.2, 0) is 0 Å². The highest BCUT2D eigenvalue weighted by Crippen LogP contribution is 2.26. The maximum absolute atomic E-state index is 5.95. The minimum absolute atomic E-state index is 0.430. The first-order valence-electron chi connectivity index (χ1n) is 6.09. The second kappa shape index (κ2) is 4.05. The zero-order chi connectivity index (χ0) is 13.7. The molecule has 4 aromatic rings. The van der Waals surface area contributed by atoms with Crippen LogP contribution in [0.1, 0.15) is 5.69 Å². The van der Waals surface area contributed by atoms with Crippen LogP contribution in [0.25, 0.3) is 27.9 Å². The molecule has 0 spiro atoms. The Morgan fingerprint density at radius 1 is 1.20 bits per heavy atom. The molecule has 20 heavy (non-hydrogen) atoms. The fourth-order valence-electron chi connectivity index (χ4n) is 2.27. The number of hydrogen-bond donors (Lipinski definition) is 0. The molecule has 0 N–H and O–H groups in total. The Bertz CT molecular complexity index is 941. The Hall–Kier alpha value is -2.40. The van der Waals surface area contributed by atoms with Gasteiger partial charge in [0.1, 0.15) is 5.15 Å². The Labute approximate surface area is 118 Å². The van der Waals surface area contributed by atoms with Crippen LogP contribution in [-0.4, -0.2) is 19.8 Å². The molecule has 0 fully saturated rings. The first kappa shape index (κ1) is 11.4. The van der Waals surface area contributed by atoms with Crippen LogP contribution in [0.3, 0.4) is 0 Å². The van der Waals surface area contributed by atoms with Crippen LogP contribution in [0.4, 0.5) is 0 Å². The first-order chi connectivity index (χ1) is 9.72. The average Bonchev–Trinajstić information content (AvgIpc) is 3.02. The van der Waals surface area contributed by atoms with Crippen molar-refractivity contribution < 1.29 is 4.52 Å². The second-order valence-corrected chi connectivity index (χ2v) is 4.94. The lowest BCUT2D eigenvalue weighted by atomic mass is 10.1. The number of benzene rings is 1. The molecule has 3 aromatic heterocycles. The number of halogens is 1. The van der Waals surface area contributed by atoms with Crippen molar-refractivity contribution in [2.75, 3.05) is 0 Å². The summed E-state index contributed by atoms with van der Waals surface area (Å²) in [6.45, 7) is 1.92. The Morgan fingerprint density at radius 3 is 3.00 bits per heavy atom. The summed E-state index contributed by atoms with van der Waals surface area (Å²) >= 11 is 5.95. The fourth-order valence-corrected chi connectivity index (χ4v) is 2.40. The molecule has 5 nitrogen and oxygen atoms in total. The number of nitrogens with zero attached hydrogens (tertiary/aromatic N) is 4. The lowest BCUT2D eigenvalue weighted by Crippen LogP contribution is -1.94. The molecule has 0 aliphatic rings. The molecule has 0 saturated carbocycles. The summed E-state index contributed by atoms with van der Waals surface area (Å²) in [5, 5.41) is 9.66. The molecule has 4 rings (SSSR count). The van der Waals surface area contributed by atoms with Gasteiger partial charge in [0.2, 0.25) is 0 Å². The zero-order valence-electron chi connectivity index (χ0n) is 10.5. The van der Waals surface area contributed by atoms with Crippen molar-refractivity contribution in [2.45, 2.75) is 6.92 Å². The van der Waals surface area contributed by atoms with E-state index in [0.29, 0.717) is 5.15 Å². The van der Waals surface area contributed by atoms with Crippen molar-refractivity contribution in [3.63, 3.8) is 0 Å². The summed E-state index contributed by atoms with van der Waals surface area (Å²) in [5.41, 5.74) is 4.26. The van der Waals surface area contributed by atoms with Gasteiger partial charge in [0.05, 0.1) is 17.6 Å². The van der Waals surface area contributed by atoms with E-state index >= 15 is 0 Å². The first-order valence-corrected chi connectivity index (χ1v) is 6.47. The molecule has 0 saturated heterocycles. The van der Waals surface area contributed by atoms with Crippen LogP contribution < -0.4 is 0 Å². The van der Waals surface area contributed by atoms with Gasteiger partial charge in [0.25, 0.3) is 0 Å². The van der Waals surface area contributed by atoms with Gasteiger partial charge in [-0.2, -0.15) is 5.10 Å². The van der Waals surface area contributed by atoms with Crippen LogP contribution in [0.2, 0.25) is 5.15 Å². The van der Waals surface area contributed by atoms with Crippen LogP contribution in [0.15, 0.2) is 41.1 Å². The summed E-state index contributed by atoms with van der Waals surface area (Å²) in [7, 11) is 0. The van der Waals surface area contributed by atoms with E-state index in [1.165, 1.54) is 0 Å². The third kappa shape index (κ3) is 1.60. The number of imidazole rings is 1. The molecule has 0 aliphatic carbocycles. The van der Waals surface area contributed by atoms with Crippen molar-refractivity contribution in [3.8, 4) is 11.3 Å². The Balaban J connectivity index is 2.00. The van der Waals surface area contributed by atoms with Crippen LogP contribution in [0.5, 0.6) is 0 Å². The van der Waals surface area contributed by atoms with Gasteiger partial charge >= 0.3 is 0 Å². The van der Waals surface area contributed by atoms with E-state index in [4.69, 9.17) is 16.1 Å². The fraction of sp³-hybridized carbons (Fsp3) is 0.0714. The molecule has 98 valence electrons. The quantitative estimate of drug-likeness (QED) is 0.537. The molecule has 3 heterocycles. The average molecular weight is 285 g/mol. The van der Waals surface area contributed by atoms with Gasteiger partial charge in [0.15, 0.2) is 11.2 Å². The van der Waals surface area contributed by atoms with Crippen molar-refractivity contribution >= 4 is 28.2 Å². The van der Waals surface area contributed by atoms with E-state index in [0.717, 1.165) is 33.6 Å². The molecule has 0 atom stereocenters. The molecular formula is C14H9ClN4O. The van der Waals surface area contributed by atoms with E-state index < -0.39 is 0 Å². The van der Waals surface area contributed by atoms with E-state index in [1.54, 1.807) is 16.8 Å². The zero-order valence-corrected chi connectivity index (χ0v) is 11.3. The highest BCUT2D eigenvalue weighted by molar-refractivity contribution is 6.29. The van der Waals surface area contributed by atoms with E-state index in [2.05, 4.69) is 15.2 Å². The Kier molecular flexibility index (Phi) is 2.31. The van der Waals surface area contributed by atoms with Crippen molar-refractivity contribution in [3.05, 3.63) is 47.4 Å². The van der Waals surface area contributed by atoms with E-state index in [1.807, 2.05) is 31.2 Å². The summed E-state index contributed by atoms with van der Waals surface area (Å²) < 4.78 is 6.95. The van der Waals surface area contributed by atoms with E-state index in [-0.39, 0.29) is 0 Å². The molecule has 0 radical (unpaired) electrons. The molecule has 1 aromatic carbocycles. The maximum Gasteiger partial charge on any atom is 0.167 e. The van der Waals surface area contributed by atoms with Gasteiger partial charge in [-0.3, -0.25) is 0 Å². The molecular weight excluding hydrogens is 276 g/mol. The van der Waals surface area contributed by atoms with Gasteiger partial charge in [-0.05, 0) is 37.3 Å². The molecule has 0 bridgehead atoms. The second-order valence-electron chi connectivity index (χ2n) is 4.55. The van der Waals surface area contributed by atoms with Crippen LogP contribution >= 0.6 is 11.6 Å². The smallest absolute Gasteiger partial charge is 0.167 e. The number of aromatic nitrogens is 4. The lowest BCUT2D eigenvalue weighted by Gasteiger charge is -2.01. The number of rotatable bonds is 1. The van der Waals surface area contributed by atoms with E-state index in [9.17, 15) is 0 Å². The van der Waals surface area contributed by atoms with Crippen molar-refractivity contribution in [1.29, 1.82) is 0 Å². The maximum atomic E-state index is 5.95. The summed E-state index contributed by atoms with van der Waals surface area (Å²) in [4.78, 5) is 4.33. The van der Waals surface area contributed by atoms with Gasteiger partial charge in [-0.1, -0.05) is 16.8 Å². The minimum atomic E-state index is 0.430. The van der Waals surface area contributed by atoms with Gasteiger partial charge < -0.3 is 4.52 Å². The predicted molar refractivity (Wildman–Crippen MR) is 75.7 cm³/mol. The Morgan fingerprint density at radius 2 is 2.10 bits per heavy atom. The highest BCUT2D eigenvalue weighted by atomic mass is 35.5. The lowest BCUT2D eigenvalue weighted by molar-refractivity contribution is 0.450. The summed E-state index contributed by atoms with van der Waals surface area (Å²) in [6, 6.07) is 9.43. The molecule has 6 heteroatoms. The summed E-state index contributed by atoms with van der Waals surface area (Å²) in [6.07, 6.45) is 1.78. The largest absolute Gasteiger partial charge is 0.356 e. The number of aryl methyl sites for hydroxylation is 1. The topological polar surface area (TPSA) is 56.2 Å². The number of fused-ring (bicyclic) bond motifs is 2. The normalized spacial score (nSPS) is 11.5. The van der Waals surface area contributed by atoms with Crippen LogP contribution in [0, 0.1) is 6.92 Å². The third-order valence-electron chi connectivity index (χ3n) is 3.28. The molecule has 0 unspecified atom stereocenters. The van der Waals surface area contributed by atoms with Gasteiger partial charge in [0, 0.05) is 10.9 Å². The monoisotopic (exact) mass is 284 g/mol. The highest BCUT2D eigenvalue weighted by Gasteiger charge is 2.11. The minimum Gasteiger partial charge on any atom is -0.356 e. The van der Waals surface area contributed by atoms with Crippen molar-refractivity contribution in [2.24, 2.45) is 0 Å². The third-order valence-corrected chi connectivity index (χ3v) is 3.48. The van der Waals surface area contributed by atoms with Gasteiger partial charge in [-0.15, -0.1) is 0 Å². The SMILES string of the molecule is Cc1noc2ccc(-c3cnc4ccc(Cl)nn34)cc12. The molecule has 0 aliphatic heterocycles. The molecule has 0 amide bonds. The van der Waals surface area contributed by atoms with Gasteiger partial charge in [-0.25, -0.2) is 9.50 Å². The predicted octanol–water partition coefficient (Wildman–Crippen LogP) is 3.50. The summed E-state index contributed by atoms with van der Waals surface area (Å²) in [5.74, 6) is 0. The standard InChI is InChI=1S/C14H9ClN4O/c1-8-10-6-9(2-3-12(10)20-18-8)11-7-16-14-5-4-13(15)17-19(11)14/h2-7H,1H3. The van der Waals surface area contributed by atoms with Crippen molar-refractivity contribution in [1.82, 2.24) is 19.8 Å². The number of hydrogen-bond acceptors (Lipinski definition) is 4.